The lowest BCUT2D eigenvalue weighted by Gasteiger charge is -2.35. The first-order chi connectivity index (χ1) is 13.9. The molecule has 3 fully saturated rings. The van der Waals surface area contributed by atoms with E-state index in [1.807, 2.05) is 6.92 Å². The van der Waals surface area contributed by atoms with Crippen LogP contribution < -0.4 is 10.6 Å². The Morgan fingerprint density at radius 3 is 2.66 bits per heavy atom. The second kappa shape index (κ2) is 7.48. The van der Waals surface area contributed by atoms with Crippen molar-refractivity contribution < 1.29 is 14.4 Å². The first kappa shape index (κ1) is 19.4. The highest BCUT2D eigenvalue weighted by atomic mass is 16.2. The van der Waals surface area contributed by atoms with Gasteiger partial charge in [-0.05, 0) is 43.5 Å². The third-order valence-corrected chi connectivity index (χ3v) is 6.31. The molecule has 1 aromatic rings. The molecule has 2 N–H and O–H groups in total. The van der Waals surface area contributed by atoms with E-state index >= 15 is 0 Å². The molecule has 3 aliphatic rings. The first-order valence-corrected chi connectivity index (χ1v) is 10.1. The van der Waals surface area contributed by atoms with Crippen molar-refractivity contribution in [3.8, 4) is 6.07 Å². The van der Waals surface area contributed by atoms with E-state index in [0.29, 0.717) is 25.2 Å². The number of primary amides is 1. The van der Waals surface area contributed by atoms with Crippen LogP contribution in [-0.4, -0.2) is 65.3 Å². The molecule has 1 aromatic carbocycles. The van der Waals surface area contributed by atoms with Crippen LogP contribution in [0.25, 0.3) is 0 Å². The molecule has 0 radical (unpaired) electrons. The predicted molar refractivity (Wildman–Crippen MR) is 106 cm³/mol. The fraction of sp³-hybridized carbons (Fsp3) is 0.524. The van der Waals surface area contributed by atoms with Gasteiger partial charge in [-0.2, -0.15) is 5.26 Å². The van der Waals surface area contributed by atoms with Crippen LogP contribution in [0.4, 0.5) is 5.69 Å². The highest BCUT2D eigenvalue weighted by Crippen LogP contribution is 2.36. The van der Waals surface area contributed by atoms with Gasteiger partial charge in [0.05, 0.1) is 18.2 Å². The van der Waals surface area contributed by atoms with Crippen LogP contribution in [-0.2, 0) is 9.59 Å². The topological polar surface area (TPSA) is 111 Å². The molecule has 0 unspecified atom stereocenters. The number of nitriles is 1. The number of piperazine rings is 1. The number of anilines is 1. The minimum atomic E-state index is -0.493. The Morgan fingerprint density at radius 1 is 1.31 bits per heavy atom. The van der Waals surface area contributed by atoms with Crippen LogP contribution in [0.3, 0.4) is 0 Å². The number of rotatable bonds is 5. The van der Waals surface area contributed by atoms with Gasteiger partial charge in [-0.3, -0.25) is 19.3 Å². The summed E-state index contributed by atoms with van der Waals surface area (Å²) in [7, 11) is 0. The maximum Gasteiger partial charge on any atom is 0.248 e. The molecule has 4 rings (SSSR count). The summed E-state index contributed by atoms with van der Waals surface area (Å²) >= 11 is 0. The van der Waals surface area contributed by atoms with E-state index in [1.54, 1.807) is 34.1 Å². The second-order valence-electron chi connectivity index (χ2n) is 8.20. The summed E-state index contributed by atoms with van der Waals surface area (Å²) < 4.78 is 0. The number of nitrogens with zero attached hydrogens (tertiary/aromatic N) is 4. The number of hydrogen-bond acceptors (Lipinski definition) is 5. The fourth-order valence-electron chi connectivity index (χ4n) is 4.87. The zero-order valence-corrected chi connectivity index (χ0v) is 16.5. The fourth-order valence-corrected chi connectivity index (χ4v) is 4.87. The number of amides is 3. The van der Waals surface area contributed by atoms with Gasteiger partial charge in [0.15, 0.2) is 0 Å². The van der Waals surface area contributed by atoms with Gasteiger partial charge >= 0.3 is 0 Å². The number of fused-ring (bicyclic) bond motifs is 2. The van der Waals surface area contributed by atoms with Crippen LogP contribution in [0.5, 0.6) is 0 Å². The monoisotopic (exact) mass is 395 g/mol. The zero-order valence-electron chi connectivity index (χ0n) is 16.5. The zero-order chi connectivity index (χ0) is 20.7. The lowest BCUT2D eigenvalue weighted by atomic mass is 10.1. The minimum Gasteiger partial charge on any atom is -0.366 e. The van der Waals surface area contributed by atoms with E-state index in [1.165, 1.54) is 0 Å². The Bertz CT molecular complexity index is 877. The smallest absolute Gasteiger partial charge is 0.248 e. The molecule has 2 bridgehead atoms. The molecular formula is C21H25N5O3. The number of carbonyl (C=O) groups is 3. The Hall–Kier alpha value is -2.92. The highest BCUT2D eigenvalue weighted by Gasteiger charge is 2.50. The summed E-state index contributed by atoms with van der Waals surface area (Å²) in [6.07, 6.45) is 2.35. The summed E-state index contributed by atoms with van der Waals surface area (Å²) in [5.41, 5.74) is 6.46. The van der Waals surface area contributed by atoms with E-state index in [9.17, 15) is 19.6 Å². The van der Waals surface area contributed by atoms with E-state index < -0.39 is 5.91 Å². The molecule has 152 valence electrons. The summed E-state index contributed by atoms with van der Waals surface area (Å²) in [6, 6.07) is 8.51. The molecule has 0 aromatic heterocycles. The number of carbonyl (C=O) groups excluding carboxylic acids is 3. The van der Waals surface area contributed by atoms with E-state index in [4.69, 9.17) is 5.73 Å². The summed E-state index contributed by atoms with van der Waals surface area (Å²) in [5, 5.41) is 9.23. The van der Waals surface area contributed by atoms with E-state index in [2.05, 4.69) is 11.0 Å². The Kier molecular flexibility index (Phi) is 5.01. The normalized spacial score (nSPS) is 27.3. The lowest BCUT2D eigenvalue weighted by Crippen LogP contribution is -2.52. The number of likely N-dealkylation sites (tertiary alicyclic amines) is 2. The highest BCUT2D eigenvalue weighted by molar-refractivity contribution is 6.02. The van der Waals surface area contributed by atoms with Gasteiger partial charge in [0.25, 0.3) is 0 Å². The molecule has 3 amide bonds. The van der Waals surface area contributed by atoms with Crippen molar-refractivity contribution in [2.45, 2.75) is 44.3 Å². The maximum atomic E-state index is 13.0. The molecule has 8 nitrogen and oxygen atoms in total. The van der Waals surface area contributed by atoms with Crippen molar-refractivity contribution in [2.24, 2.45) is 11.7 Å². The standard InChI is InChI=1S/C21H25N5O3/c1-13(20(28)25-8-2-3-16(25)10-22)11-24-12-17-9-18(24)21(29)26(17)15-6-4-14(5-7-15)19(23)27/h4-7,13,16-18H,2-3,8-9,11-12H2,1H3,(H2,23,27)/t13-,16-,17+,18+/m0/s1. The third-order valence-electron chi connectivity index (χ3n) is 6.31. The maximum absolute atomic E-state index is 13.0. The molecular weight excluding hydrogens is 370 g/mol. The van der Waals surface area contributed by atoms with Crippen LogP contribution in [0, 0.1) is 17.2 Å². The Labute approximate surface area is 169 Å². The van der Waals surface area contributed by atoms with E-state index in [0.717, 1.165) is 24.9 Å². The van der Waals surface area contributed by atoms with Gasteiger partial charge in [0.1, 0.15) is 6.04 Å². The van der Waals surface area contributed by atoms with Crippen molar-refractivity contribution in [1.82, 2.24) is 9.80 Å². The number of hydrogen-bond donors (Lipinski definition) is 1. The molecule has 0 spiro atoms. The Balaban J connectivity index is 1.40. The van der Waals surface area contributed by atoms with Gasteiger partial charge < -0.3 is 15.5 Å². The van der Waals surface area contributed by atoms with Crippen LogP contribution in [0.2, 0.25) is 0 Å². The third kappa shape index (κ3) is 3.36. The quantitative estimate of drug-likeness (QED) is 0.790. The molecule has 4 atom stereocenters. The van der Waals surface area contributed by atoms with Crippen LogP contribution in [0.15, 0.2) is 24.3 Å². The molecule has 3 heterocycles. The minimum absolute atomic E-state index is 0.00293. The summed E-state index contributed by atoms with van der Waals surface area (Å²) in [5.74, 6) is -0.710. The van der Waals surface area contributed by atoms with Gasteiger partial charge in [-0.15, -0.1) is 0 Å². The van der Waals surface area contributed by atoms with Gasteiger partial charge in [-0.1, -0.05) is 6.92 Å². The van der Waals surface area contributed by atoms with Crippen molar-refractivity contribution in [1.29, 1.82) is 5.26 Å². The Morgan fingerprint density at radius 2 is 2.03 bits per heavy atom. The van der Waals surface area contributed by atoms with Gasteiger partial charge in [0, 0.05) is 36.8 Å². The van der Waals surface area contributed by atoms with Crippen LogP contribution >= 0.6 is 0 Å². The molecule has 29 heavy (non-hydrogen) atoms. The van der Waals surface area contributed by atoms with Gasteiger partial charge in [0.2, 0.25) is 17.7 Å². The van der Waals surface area contributed by atoms with Crippen molar-refractivity contribution in [3.63, 3.8) is 0 Å². The first-order valence-electron chi connectivity index (χ1n) is 10.1. The molecule has 0 aliphatic carbocycles. The number of nitrogens with two attached hydrogens (primary N) is 1. The lowest BCUT2D eigenvalue weighted by molar-refractivity contribution is -0.136. The molecule has 8 heteroatoms. The average molecular weight is 395 g/mol. The summed E-state index contributed by atoms with van der Waals surface area (Å²) in [6.45, 7) is 3.76. The van der Waals surface area contributed by atoms with Crippen molar-refractivity contribution in [2.75, 3.05) is 24.5 Å². The molecule has 3 saturated heterocycles. The average Bonchev–Trinajstić information content (AvgIpc) is 3.41. The van der Waals surface area contributed by atoms with Crippen molar-refractivity contribution in [3.05, 3.63) is 29.8 Å². The largest absolute Gasteiger partial charge is 0.366 e. The summed E-state index contributed by atoms with van der Waals surface area (Å²) in [4.78, 5) is 42.6. The predicted octanol–water partition coefficient (Wildman–Crippen LogP) is 0.726. The number of benzene rings is 1. The van der Waals surface area contributed by atoms with Crippen LogP contribution in [0.1, 0.15) is 36.5 Å². The second-order valence-corrected chi connectivity index (χ2v) is 8.20. The SMILES string of the molecule is C[C@@H](CN1C[C@H]2C[C@@H]1C(=O)N2c1ccc(C(N)=O)cc1)C(=O)N1CCC[C@H]1C#N. The molecule has 0 saturated carbocycles. The molecule has 3 aliphatic heterocycles. The van der Waals surface area contributed by atoms with E-state index in [-0.39, 0.29) is 35.9 Å². The van der Waals surface area contributed by atoms with Gasteiger partial charge in [-0.25, -0.2) is 0 Å². The van der Waals surface area contributed by atoms with Crippen molar-refractivity contribution >= 4 is 23.4 Å².